The van der Waals surface area contributed by atoms with Crippen molar-refractivity contribution in [2.45, 2.75) is 18.4 Å². The van der Waals surface area contributed by atoms with E-state index in [0.29, 0.717) is 16.9 Å². The molecule has 1 aromatic heterocycles. The van der Waals surface area contributed by atoms with Gasteiger partial charge in [-0.25, -0.2) is 13.1 Å². The maximum Gasteiger partial charge on any atom is 0.241 e. The summed E-state index contributed by atoms with van der Waals surface area (Å²) >= 11 is 0. The van der Waals surface area contributed by atoms with Gasteiger partial charge in [0.15, 0.2) is 0 Å². The van der Waals surface area contributed by atoms with E-state index in [4.69, 9.17) is 5.73 Å². The molecule has 0 spiro atoms. The number of anilines is 1. The smallest absolute Gasteiger partial charge is 0.241 e. The zero-order valence-electron chi connectivity index (χ0n) is 10.5. The number of nitrogens with two attached hydrogens (primary N) is 1. The summed E-state index contributed by atoms with van der Waals surface area (Å²) in [6, 6.07) is 10.1. The predicted molar refractivity (Wildman–Crippen MR) is 73.9 cm³/mol. The molecule has 0 radical (unpaired) electrons. The van der Waals surface area contributed by atoms with Crippen molar-refractivity contribution in [2.75, 3.05) is 5.73 Å². The van der Waals surface area contributed by atoms with Gasteiger partial charge in [-0.2, -0.15) is 0 Å². The summed E-state index contributed by atoms with van der Waals surface area (Å²) in [5.41, 5.74) is 7.44. The molecule has 2 rings (SSSR count). The fourth-order valence-corrected chi connectivity index (χ4v) is 2.95. The molecule has 0 fully saturated rings. The summed E-state index contributed by atoms with van der Waals surface area (Å²) in [6.45, 7) is 1.87. The van der Waals surface area contributed by atoms with Crippen LogP contribution in [0.4, 0.5) is 5.69 Å². The molecule has 6 heteroatoms. The van der Waals surface area contributed by atoms with Crippen molar-refractivity contribution < 1.29 is 8.42 Å². The quantitative estimate of drug-likeness (QED) is 0.828. The molecule has 0 aliphatic rings. The highest BCUT2D eigenvalue weighted by Gasteiger charge is 2.16. The van der Waals surface area contributed by atoms with Crippen LogP contribution in [0, 0.1) is 6.92 Å². The standard InChI is InChI=1S/C13H15N3O2S/c1-10-8-11(14)5-6-13(10)19(17,18)16-9-12-4-2-3-7-15-12/h2-8,16H,9,14H2,1H3. The van der Waals surface area contributed by atoms with E-state index in [1.165, 1.54) is 6.07 Å². The second kappa shape index (κ2) is 5.38. The van der Waals surface area contributed by atoms with Crippen LogP contribution in [-0.4, -0.2) is 13.4 Å². The topological polar surface area (TPSA) is 85.1 Å². The Bertz CT molecular complexity index is 670. The molecule has 0 unspecified atom stereocenters. The van der Waals surface area contributed by atoms with Crippen molar-refractivity contribution in [1.29, 1.82) is 0 Å². The van der Waals surface area contributed by atoms with Crippen molar-refractivity contribution in [1.82, 2.24) is 9.71 Å². The van der Waals surface area contributed by atoms with Crippen molar-refractivity contribution >= 4 is 15.7 Å². The van der Waals surface area contributed by atoms with Crippen LogP contribution >= 0.6 is 0 Å². The van der Waals surface area contributed by atoms with Gasteiger partial charge in [0.25, 0.3) is 0 Å². The van der Waals surface area contributed by atoms with Crippen molar-refractivity contribution in [3.05, 3.63) is 53.9 Å². The molecule has 0 aliphatic heterocycles. The Morgan fingerprint density at radius 2 is 2.05 bits per heavy atom. The third-order valence-corrected chi connectivity index (χ3v) is 4.22. The minimum atomic E-state index is -3.55. The molecule has 2 aromatic rings. The van der Waals surface area contributed by atoms with E-state index in [-0.39, 0.29) is 11.4 Å². The molecular weight excluding hydrogens is 262 g/mol. The van der Waals surface area contributed by atoms with Gasteiger partial charge in [0.05, 0.1) is 17.1 Å². The van der Waals surface area contributed by atoms with Crippen LogP contribution in [0.15, 0.2) is 47.5 Å². The van der Waals surface area contributed by atoms with Gasteiger partial charge < -0.3 is 5.73 Å². The average Bonchev–Trinajstić information content (AvgIpc) is 2.37. The second-order valence-corrected chi connectivity index (χ2v) is 5.91. The van der Waals surface area contributed by atoms with Crippen LogP contribution < -0.4 is 10.5 Å². The van der Waals surface area contributed by atoms with Gasteiger partial charge in [0.2, 0.25) is 10.0 Å². The molecule has 0 amide bonds. The maximum absolute atomic E-state index is 12.2. The fraction of sp³-hybridized carbons (Fsp3) is 0.154. The lowest BCUT2D eigenvalue weighted by Crippen LogP contribution is -2.24. The van der Waals surface area contributed by atoms with Gasteiger partial charge >= 0.3 is 0 Å². The highest BCUT2D eigenvalue weighted by atomic mass is 32.2. The monoisotopic (exact) mass is 277 g/mol. The van der Waals surface area contributed by atoms with Crippen LogP contribution in [0.25, 0.3) is 0 Å². The molecular formula is C13H15N3O2S. The zero-order chi connectivity index (χ0) is 13.9. The number of nitrogens with one attached hydrogen (secondary N) is 1. The Hall–Kier alpha value is -1.92. The molecule has 1 heterocycles. The largest absolute Gasteiger partial charge is 0.399 e. The van der Waals surface area contributed by atoms with Crippen molar-refractivity contribution in [3.63, 3.8) is 0 Å². The van der Waals surface area contributed by atoms with Crippen molar-refractivity contribution in [2.24, 2.45) is 0 Å². The number of aromatic nitrogens is 1. The second-order valence-electron chi connectivity index (χ2n) is 4.17. The van der Waals surface area contributed by atoms with Gasteiger partial charge in [0, 0.05) is 11.9 Å². The van der Waals surface area contributed by atoms with Crippen LogP contribution in [0.3, 0.4) is 0 Å². The Labute approximate surface area is 112 Å². The highest BCUT2D eigenvalue weighted by molar-refractivity contribution is 7.89. The number of sulfonamides is 1. The van der Waals surface area contributed by atoms with Crippen molar-refractivity contribution in [3.8, 4) is 0 Å². The number of pyridine rings is 1. The number of hydrogen-bond donors (Lipinski definition) is 2. The molecule has 0 aliphatic carbocycles. The summed E-state index contributed by atoms with van der Waals surface area (Å²) in [7, 11) is -3.55. The Kier molecular flexibility index (Phi) is 3.82. The predicted octanol–water partition coefficient (Wildman–Crippen LogP) is 1.45. The minimum absolute atomic E-state index is 0.160. The molecule has 0 atom stereocenters. The number of benzene rings is 1. The van der Waals surface area contributed by atoms with E-state index in [9.17, 15) is 8.42 Å². The lowest BCUT2D eigenvalue weighted by Gasteiger charge is -2.09. The van der Waals surface area contributed by atoms with E-state index in [1.807, 2.05) is 6.07 Å². The average molecular weight is 277 g/mol. The van der Waals surface area contributed by atoms with Crippen LogP contribution in [0.5, 0.6) is 0 Å². The van der Waals surface area contributed by atoms with Gasteiger partial charge in [-0.3, -0.25) is 4.98 Å². The SMILES string of the molecule is Cc1cc(N)ccc1S(=O)(=O)NCc1ccccn1. The Balaban J connectivity index is 2.19. The minimum Gasteiger partial charge on any atom is -0.399 e. The molecule has 19 heavy (non-hydrogen) atoms. The summed E-state index contributed by atoms with van der Waals surface area (Å²) in [4.78, 5) is 4.30. The van der Waals surface area contributed by atoms with E-state index in [1.54, 1.807) is 37.4 Å². The number of hydrogen-bond acceptors (Lipinski definition) is 4. The van der Waals surface area contributed by atoms with E-state index < -0.39 is 10.0 Å². The third-order valence-electron chi connectivity index (χ3n) is 2.66. The van der Waals surface area contributed by atoms with Gasteiger partial charge in [0.1, 0.15) is 0 Å². The van der Waals surface area contributed by atoms with Gasteiger partial charge in [-0.15, -0.1) is 0 Å². The fourth-order valence-electron chi connectivity index (χ4n) is 1.72. The number of aryl methyl sites for hydroxylation is 1. The summed E-state index contributed by atoms with van der Waals surface area (Å²) in [5.74, 6) is 0. The Morgan fingerprint density at radius 3 is 2.68 bits per heavy atom. The normalized spacial score (nSPS) is 11.4. The summed E-state index contributed by atoms with van der Waals surface area (Å²) in [6.07, 6.45) is 1.62. The summed E-state index contributed by atoms with van der Waals surface area (Å²) in [5, 5.41) is 0. The Morgan fingerprint density at radius 1 is 1.26 bits per heavy atom. The van der Waals surface area contributed by atoms with Crippen LogP contribution in [0.2, 0.25) is 0 Å². The lowest BCUT2D eigenvalue weighted by molar-refractivity contribution is 0.580. The lowest BCUT2D eigenvalue weighted by atomic mass is 10.2. The summed E-state index contributed by atoms with van der Waals surface area (Å²) < 4.78 is 26.8. The first-order chi connectivity index (χ1) is 8.99. The van der Waals surface area contributed by atoms with Gasteiger partial charge in [-0.05, 0) is 42.8 Å². The first-order valence-corrected chi connectivity index (χ1v) is 7.23. The third kappa shape index (κ3) is 3.30. The number of nitrogen functional groups attached to an aromatic ring is 1. The maximum atomic E-state index is 12.2. The highest BCUT2D eigenvalue weighted by Crippen LogP contribution is 2.17. The molecule has 0 saturated carbocycles. The van der Waals surface area contributed by atoms with Crippen LogP contribution in [-0.2, 0) is 16.6 Å². The van der Waals surface area contributed by atoms with Gasteiger partial charge in [-0.1, -0.05) is 6.07 Å². The van der Waals surface area contributed by atoms with E-state index in [0.717, 1.165) is 0 Å². The molecule has 1 aromatic carbocycles. The van der Waals surface area contributed by atoms with E-state index >= 15 is 0 Å². The van der Waals surface area contributed by atoms with Crippen LogP contribution in [0.1, 0.15) is 11.3 Å². The molecule has 0 bridgehead atoms. The first-order valence-electron chi connectivity index (χ1n) is 5.75. The first kappa shape index (κ1) is 13.5. The molecule has 0 saturated heterocycles. The zero-order valence-corrected chi connectivity index (χ0v) is 11.3. The number of nitrogens with zero attached hydrogens (tertiary/aromatic N) is 1. The molecule has 3 N–H and O–H groups in total. The number of rotatable bonds is 4. The molecule has 5 nitrogen and oxygen atoms in total. The molecule has 100 valence electrons. The van der Waals surface area contributed by atoms with E-state index in [2.05, 4.69) is 9.71 Å².